The molecule has 2 heterocycles. The molecule has 0 bridgehead atoms. The number of ether oxygens (including phenoxy) is 2. The maximum atomic E-state index is 13.8. The Balaban J connectivity index is 1.88. The third-order valence-corrected chi connectivity index (χ3v) is 9.03. The minimum absolute atomic E-state index is 0.156. The number of carbonyl (C=O) groups is 3. The topological polar surface area (TPSA) is 72.9 Å². The Morgan fingerprint density at radius 1 is 0.914 bits per heavy atom. The summed E-state index contributed by atoms with van der Waals surface area (Å²) in [7, 11) is 2.53. The number of nitrogens with zero attached hydrogens (tertiary/aromatic N) is 1. The van der Waals surface area contributed by atoms with Gasteiger partial charge in [-0.05, 0) is 39.0 Å². The second kappa shape index (κ2) is 9.64. The maximum Gasteiger partial charge on any atom is 0.346 e. The molecule has 2 aliphatic rings. The van der Waals surface area contributed by atoms with Gasteiger partial charge in [-0.1, -0.05) is 71.6 Å². The summed E-state index contributed by atoms with van der Waals surface area (Å²) in [6.07, 6.45) is 0. The van der Waals surface area contributed by atoms with Crippen molar-refractivity contribution in [2.24, 2.45) is 0 Å². The lowest BCUT2D eigenvalue weighted by Gasteiger charge is -2.45. The average molecular weight is 526 g/mol. The predicted molar refractivity (Wildman–Crippen MR) is 144 cm³/mol. The number of esters is 2. The molecule has 2 aromatic carbocycles. The summed E-state index contributed by atoms with van der Waals surface area (Å²) in [5.74, 6) is -1.40. The van der Waals surface area contributed by atoms with Crippen LogP contribution in [0.3, 0.4) is 0 Å². The van der Waals surface area contributed by atoms with E-state index in [9.17, 15) is 14.4 Å². The molecular weight excluding hydrogens is 502 g/mol. The van der Waals surface area contributed by atoms with E-state index in [1.54, 1.807) is 11.0 Å². The molecule has 0 saturated carbocycles. The van der Waals surface area contributed by atoms with Crippen LogP contribution in [0.25, 0.3) is 5.57 Å². The van der Waals surface area contributed by atoms with Gasteiger partial charge in [-0.3, -0.25) is 9.69 Å². The molecule has 0 spiro atoms. The Bertz CT molecular complexity index is 1310. The molecule has 2 aromatic rings. The van der Waals surface area contributed by atoms with Crippen molar-refractivity contribution in [2.45, 2.75) is 26.3 Å². The van der Waals surface area contributed by atoms with E-state index >= 15 is 0 Å². The van der Waals surface area contributed by atoms with Crippen molar-refractivity contribution in [3.63, 3.8) is 0 Å². The number of rotatable bonds is 3. The van der Waals surface area contributed by atoms with Crippen molar-refractivity contribution in [3.05, 3.63) is 79.3 Å². The number of anilines is 1. The van der Waals surface area contributed by atoms with E-state index in [0.29, 0.717) is 25.9 Å². The molecular formula is C26H23NO5S3. The monoisotopic (exact) mass is 525 g/mol. The Labute approximate surface area is 217 Å². The van der Waals surface area contributed by atoms with E-state index in [0.717, 1.165) is 34.7 Å². The summed E-state index contributed by atoms with van der Waals surface area (Å²) < 4.78 is 10.4. The number of carbonyl (C=O) groups excluding carboxylic acids is 3. The van der Waals surface area contributed by atoms with E-state index in [1.165, 1.54) is 14.2 Å². The molecule has 0 fully saturated rings. The Morgan fingerprint density at radius 3 is 2.09 bits per heavy atom. The normalized spacial score (nSPS) is 16.8. The van der Waals surface area contributed by atoms with Crippen molar-refractivity contribution in [3.8, 4) is 0 Å². The first-order valence-electron chi connectivity index (χ1n) is 10.7. The van der Waals surface area contributed by atoms with Gasteiger partial charge in [0.2, 0.25) is 0 Å². The highest BCUT2D eigenvalue weighted by Crippen LogP contribution is 2.56. The lowest BCUT2D eigenvalue weighted by atomic mass is 9.83. The van der Waals surface area contributed by atoms with Gasteiger partial charge in [0, 0.05) is 16.7 Å². The van der Waals surface area contributed by atoms with Crippen molar-refractivity contribution in [1.82, 2.24) is 0 Å². The molecule has 180 valence electrons. The molecule has 0 atom stereocenters. The quantitative estimate of drug-likeness (QED) is 0.295. The van der Waals surface area contributed by atoms with E-state index in [4.69, 9.17) is 21.7 Å². The summed E-state index contributed by atoms with van der Waals surface area (Å²) in [4.78, 5) is 41.2. The van der Waals surface area contributed by atoms with E-state index in [2.05, 4.69) is 0 Å². The molecule has 2 aliphatic heterocycles. The Hall–Kier alpha value is -2.88. The summed E-state index contributed by atoms with van der Waals surface area (Å²) in [6.45, 7) is 5.75. The third kappa shape index (κ3) is 4.32. The highest BCUT2D eigenvalue weighted by Gasteiger charge is 2.46. The van der Waals surface area contributed by atoms with E-state index in [1.807, 2.05) is 63.2 Å². The fourth-order valence-corrected chi connectivity index (χ4v) is 7.07. The van der Waals surface area contributed by atoms with E-state index in [-0.39, 0.29) is 15.7 Å². The second-order valence-corrected chi connectivity index (χ2v) is 11.1. The fourth-order valence-electron chi connectivity index (χ4n) is 4.04. The molecule has 0 saturated heterocycles. The second-order valence-electron chi connectivity index (χ2n) is 8.42. The smallest absolute Gasteiger partial charge is 0.346 e. The minimum atomic E-state index is -0.868. The van der Waals surface area contributed by atoms with Crippen molar-refractivity contribution >= 4 is 69.7 Å². The highest BCUT2D eigenvalue weighted by molar-refractivity contribution is 8.29. The molecule has 9 heteroatoms. The average Bonchev–Trinajstić information content (AvgIpc) is 3.28. The number of amides is 1. The SMILES string of the molecule is COC(=O)C1=C(C(=O)OC)SC(=C2C(=S)C(C)(C)N(C(=O)c3cccc(C)c3)c3ccccc32)S1. The Kier molecular flexibility index (Phi) is 6.95. The van der Waals surface area contributed by atoms with Crippen LogP contribution in [0.4, 0.5) is 5.69 Å². The Morgan fingerprint density at radius 2 is 1.51 bits per heavy atom. The molecule has 0 aliphatic carbocycles. The number of benzene rings is 2. The highest BCUT2D eigenvalue weighted by atomic mass is 32.2. The van der Waals surface area contributed by atoms with Gasteiger partial charge >= 0.3 is 11.9 Å². The van der Waals surface area contributed by atoms with Crippen LogP contribution in [0.1, 0.15) is 35.3 Å². The summed E-state index contributed by atoms with van der Waals surface area (Å²) in [5.41, 5.74) is 2.85. The molecule has 4 rings (SSSR count). The molecule has 1 amide bonds. The maximum absolute atomic E-state index is 13.8. The molecule has 0 aromatic heterocycles. The minimum Gasteiger partial charge on any atom is -0.465 e. The first-order valence-corrected chi connectivity index (χ1v) is 12.7. The molecule has 0 N–H and O–H groups in total. The van der Waals surface area contributed by atoms with Crippen LogP contribution in [0.2, 0.25) is 0 Å². The van der Waals surface area contributed by atoms with Crippen LogP contribution < -0.4 is 4.90 Å². The predicted octanol–water partition coefficient (Wildman–Crippen LogP) is 5.51. The molecule has 0 radical (unpaired) electrons. The van der Waals surface area contributed by atoms with Gasteiger partial charge in [0.15, 0.2) is 0 Å². The molecule has 35 heavy (non-hydrogen) atoms. The number of aryl methyl sites for hydroxylation is 1. The van der Waals surface area contributed by atoms with Crippen molar-refractivity contribution in [2.75, 3.05) is 19.1 Å². The van der Waals surface area contributed by atoms with Gasteiger partial charge < -0.3 is 9.47 Å². The van der Waals surface area contributed by atoms with Crippen LogP contribution in [-0.4, -0.2) is 42.5 Å². The number of thiocarbonyl (C=S) groups is 1. The van der Waals surface area contributed by atoms with Crippen LogP contribution in [0.15, 0.2) is 62.6 Å². The number of hydrogen-bond donors (Lipinski definition) is 0. The molecule has 0 unspecified atom stereocenters. The standard InChI is InChI=1S/C26H23NO5S3/c1-14-9-8-10-15(13-14)22(28)27-17-12-7-6-11-16(17)18(21(33)26(27,2)3)25-34-19(23(29)31-4)20(35-25)24(30)32-5/h6-13H,1-5H3. The zero-order valence-corrected chi connectivity index (χ0v) is 22.3. The summed E-state index contributed by atoms with van der Waals surface area (Å²) in [6, 6.07) is 15.0. The summed E-state index contributed by atoms with van der Waals surface area (Å²) >= 11 is 8.25. The van der Waals surface area contributed by atoms with Gasteiger partial charge in [-0.2, -0.15) is 0 Å². The van der Waals surface area contributed by atoms with Crippen LogP contribution in [-0.2, 0) is 19.1 Å². The first kappa shape index (κ1) is 25.2. The lowest BCUT2D eigenvalue weighted by molar-refractivity contribution is -0.138. The van der Waals surface area contributed by atoms with Crippen LogP contribution in [0.5, 0.6) is 0 Å². The van der Waals surface area contributed by atoms with Gasteiger partial charge in [0.1, 0.15) is 9.81 Å². The van der Waals surface area contributed by atoms with E-state index < -0.39 is 17.5 Å². The van der Waals surface area contributed by atoms with Gasteiger partial charge in [0.05, 0.1) is 34.5 Å². The van der Waals surface area contributed by atoms with Crippen molar-refractivity contribution < 1.29 is 23.9 Å². The number of hydrogen-bond acceptors (Lipinski definition) is 8. The number of thioether (sulfide) groups is 2. The third-order valence-electron chi connectivity index (χ3n) is 5.77. The van der Waals surface area contributed by atoms with Crippen molar-refractivity contribution in [1.29, 1.82) is 0 Å². The van der Waals surface area contributed by atoms with Gasteiger partial charge in [0.25, 0.3) is 5.91 Å². The molecule has 6 nitrogen and oxygen atoms in total. The van der Waals surface area contributed by atoms with Crippen LogP contribution >= 0.6 is 35.7 Å². The fraction of sp³-hybridized carbons (Fsp3) is 0.231. The first-order chi connectivity index (χ1) is 16.6. The van der Waals surface area contributed by atoms with Gasteiger partial charge in [-0.25, -0.2) is 9.59 Å². The van der Waals surface area contributed by atoms with Gasteiger partial charge in [-0.15, -0.1) is 0 Å². The largest absolute Gasteiger partial charge is 0.465 e. The number of fused-ring (bicyclic) bond motifs is 1. The lowest BCUT2D eigenvalue weighted by Crippen LogP contribution is -2.55. The summed E-state index contributed by atoms with van der Waals surface area (Å²) in [5, 5.41) is 0. The van der Waals surface area contributed by atoms with Crippen LogP contribution in [0, 0.1) is 6.92 Å². The number of methoxy groups -OCH3 is 2. The zero-order chi connectivity index (χ0) is 25.5. The zero-order valence-electron chi connectivity index (χ0n) is 19.8. The number of para-hydroxylation sites is 1.